The summed E-state index contributed by atoms with van der Waals surface area (Å²) < 4.78 is 13.7. The van der Waals surface area contributed by atoms with Gasteiger partial charge in [0.25, 0.3) is 0 Å². The molecule has 6 nitrogen and oxygen atoms in total. The smallest absolute Gasteiger partial charge is 0.225 e. The molecular weight excluding hydrogens is 460 g/mol. The molecule has 3 rings (SSSR count). The first kappa shape index (κ1) is 21.8. The van der Waals surface area contributed by atoms with E-state index >= 15 is 0 Å². The zero-order valence-corrected chi connectivity index (χ0v) is 18.1. The van der Waals surface area contributed by atoms with E-state index in [4.69, 9.17) is 0 Å². The largest absolute Gasteiger partial charge is 0.357 e. The van der Waals surface area contributed by atoms with Crippen LogP contribution in [0.25, 0.3) is 0 Å². The molecule has 1 aromatic heterocycles. The van der Waals surface area contributed by atoms with Gasteiger partial charge in [-0.05, 0) is 38.3 Å². The van der Waals surface area contributed by atoms with Crippen molar-refractivity contribution in [3.63, 3.8) is 0 Å². The molecule has 8 heteroatoms. The minimum absolute atomic E-state index is 0. The fourth-order valence-electron chi connectivity index (χ4n) is 3.71. The van der Waals surface area contributed by atoms with Crippen molar-refractivity contribution < 1.29 is 9.18 Å². The molecule has 0 radical (unpaired) electrons. The fraction of sp³-hybridized carbons (Fsp3) is 0.632. The summed E-state index contributed by atoms with van der Waals surface area (Å²) in [7, 11) is 0. The fourth-order valence-corrected chi connectivity index (χ4v) is 3.71. The van der Waals surface area contributed by atoms with Crippen LogP contribution in [0.4, 0.5) is 4.39 Å². The second-order valence-corrected chi connectivity index (χ2v) is 7.02. The number of nitrogens with one attached hydrogen (secondary N) is 2. The van der Waals surface area contributed by atoms with E-state index in [9.17, 15) is 9.18 Å². The van der Waals surface area contributed by atoms with Gasteiger partial charge >= 0.3 is 0 Å². The minimum atomic E-state index is -0.346. The van der Waals surface area contributed by atoms with E-state index in [-0.39, 0.29) is 48.3 Å². The Morgan fingerprint density at radius 1 is 1.37 bits per heavy atom. The molecule has 1 aromatic rings. The third kappa shape index (κ3) is 6.02. The molecule has 1 amide bonds. The SMILES string of the molecule is CCNC(=NCc1ncccc1F)NC1CCN(C(=O)C2CCCC2)C1.I. The Balaban J connectivity index is 0.00000261. The van der Waals surface area contributed by atoms with Crippen LogP contribution in [0, 0.1) is 11.7 Å². The number of amides is 1. The van der Waals surface area contributed by atoms with Crippen molar-refractivity contribution in [2.45, 2.75) is 51.6 Å². The van der Waals surface area contributed by atoms with E-state index in [2.05, 4.69) is 20.6 Å². The topological polar surface area (TPSA) is 69.6 Å². The molecule has 1 atom stereocenters. The summed E-state index contributed by atoms with van der Waals surface area (Å²) in [6.45, 7) is 4.38. The number of carbonyl (C=O) groups is 1. The average Bonchev–Trinajstić information content (AvgIpc) is 3.32. The molecule has 27 heavy (non-hydrogen) atoms. The number of hydrogen-bond acceptors (Lipinski definition) is 3. The molecule has 1 saturated carbocycles. The Kier molecular flexibility index (Phi) is 8.72. The molecule has 1 saturated heterocycles. The summed E-state index contributed by atoms with van der Waals surface area (Å²) in [5.41, 5.74) is 0.328. The van der Waals surface area contributed by atoms with E-state index < -0.39 is 0 Å². The summed E-state index contributed by atoms with van der Waals surface area (Å²) in [6, 6.07) is 3.13. The monoisotopic (exact) mass is 489 g/mol. The standard InChI is InChI=1S/C19H28FN5O.HI/c1-2-21-19(23-12-17-16(20)8-5-10-22-17)24-15-9-11-25(13-15)18(26)14-6-3-4-7-14;/h5,8,10,14-15H,2-4,6-7,9,11-13H2,1H3,(H2,21,23,24);1H. The van der Waals surface area contributed by atoms with Crippen molar-refractivity contribution in [3.05, 3.63) is 29.8 Å². The molecule has 1 aliphatic carbocycles. The Labute approximate surface area is 177 Å². The molecule has 2 aliphatic rings. The van der Waals surface area contributed by atoms with E-state index in [1.54, 1.807) is 12.3 Å². The minimum Gasteiger partial charge on any atom is -0.357 e. The second kappa shape index (κ2) is 10.8. The normalized spacial score (nSPS) is 20.4. The number of halogens is 2. The number of likely N-dealkylation sites (tertiary alicyclic amines) is 1. The maximum atomic E-state index is 13.7. The molecule has 2 heterocycles. The average molecular weight is 489 g/mol. The molecule has 0 aromatic carbocycles. The molecule has 150 valence electrons. The maximum Gasteiger partial charge on any atom is 0.225 e. The quantitative estimate of drug-likeness (QED) is 0.379. The highest BCUT2D eigenvalue weighted by Gasteiger charge is 2.32. The lowest BCUT2D eigenvalue weighted by molar-refractivity contribution is -0.134. The number of carbonyl (C=O) groups excluding carboxylic acids is 1. The lowest BCUT2D eigenvalue weighted by Crippen LogP contribution is -2.45. The van der Waals surface area contributed by atoms with Crippen molar-refractivity contribution in [3.8, 4) is 0 Å². The lowest BCUT2D eigenvalue weighted by atomic mass is 10.1. The van der Waals surface area contributed by atoms with Crippen molar-refractivity contribution in [2.75, 3.05) is 19.6 Å². The predicted octanol–water partition coefficient (Wildman–Crippen LogP) is 2.68. The van der Waals surface area contributed by atoms with Gasteiger partial charge in [0.05, 0.1) is 12.2 Å². The van der Waals surface area contributed by atoms with Crippen molar-refractivity contribution in [2.24, 2.45) is 10.9 Å². The van der Waals surface area contributed by atoms with Crippen molar-refractivity contribution >= 4 is 35.8 Å². The van der Waals surface area contributed by atoms with Crippen LogP contribution in [0.3, 0.4) is 0 Å². The van der Waals surface area contributed by atoms with Crippen molar-refractivity contribution in [1.82, 2.24) is 20.5 Å². The van der Waals surface area contributed by atoms with E-state index in [1.165, 1.54) is 18.9 Å². The van der Waals surface area contributed by atoms with Gasteiger partial charge in [0.1, 0.15) is 5.82 Å². The zero-order chi connectivity index (χ0) is 18.4. The highest BCUT2D eigenvalue weighted by molar-refractivity contribution is 14.0. The lowest BCUT2D eigenvalue weighted by Gasteiger charge is -2.21. The summed E-state index contributed by atoms with van der Waals surface area (Å²) in [5, 5.41) is 6.56. The van der Waals surface area contributed by atoms with Gasteiger partial charge in [-0.2, -0.15) is 0 Å². The van der Waals surface area contributed by atoms with Gasteiger partial charge in [-0.3, -0.25) is 9.78 Å². The van der Waals surface area contributed by atoms with Crippen LogP contribution in [-0.4, -0.2) is 47.4 Å². The van der Waals surface area contributed by atoms with Gasteiger partial charge in [-0.25, -0.2) is 9.38 Å². The van der Waals surface area contributed by atoms with Gasteiger partial charge < -0.3 is 15.5 Å². The van der Waals surface area contributed by atoms with Crippen LogP contribution in [0.5, 0.6) is 0 Å². The number of pyridine rings is 1. The predicted molar refractivity (Wildman–Crippen MR) is 115 cm³/mol. The molecule has 1 unspecified atom stereocenters. The van der Waals surface area contributed by atoms with Crippen LogP contribution < -0.4 is 10.6 Å². The first-order valence-corrected chi connectivity index (χ1v) is 9.60. The van der Waals surface area contributed by atoms with Gasteiger partial charge in [0, 0.05) is 37.8 Å². The van der Waals surface area contributed by atoms with Crippen LogP contribution in [0.1, 0.15) is 44.7 Å². The number of aromatic nitrogens is 1. The Hall–Kier alpha value is -1.45. The van der Waals surface area contributed by atoms with Gasteiger partial charge in [-0.15, -0.1) is 24.0 Å². The Morgan fingerprint density at radius 3 is 2.85 bits per heavy atom. The summed E-state index contributed by atoms with van der Waals surface area (Å²) in [4.78, 5) is 23.0. The maximum absolute atomic E-state index is 13.7. The van der Waals surface area contributed by atoms with Gasteiger partial charge in [0.15, 0.2) is 5.96 Å². The first-order valence-electron chi connectivity index (χ1n) is 9.60. The number of aliphatic imine (C=N–C) groups is 1. The Bertz CT molecular complexity index is 651. The zero-order valence-electron chi connectivity index (χ0n) is 15.8. The molecule has 2 fully saturated rings. The third-order valence-corrected chi connectivity index (χ3v) is 5.11. The second-order valence-electron chi connectivity index (χ2n) is 7.02. The van der Waals surface area contributed by atoms with Gasteiger partial charge in [-0.1, -0.05) is 12.8 Å². The molecule has 0 spiro atoms. The van der Waals surface area contributed by atoms with Crippen LogP contribution in [0.15, 0.2) is 23.3 Å². The van der Waals surface area contributed by atoms with E-state index in [0.717, 1.165) is 25.8 Å². The first-order chi connectivity index (χ1) is 12.7. The molecule has 0 bridgehead atoms. The number of hydrogen-bond donors (Lipinski definition) is 2. The highest BCUT2D eigenvalue weighted by Crippen LogP contribution is 2.27. The summed E-state index contributed by atoms with van der Waals surface area (Å²) >= 11 is 0. The molecule has 1 aliphatic heterocycles. The van der Waals surface area contributed by atoms with Crippen molar-refractivity contribution in [1.29, 1.82) is 0 Å². The highest BCUT2D eigenvalue weighted by atomic mass is 127. The summed E-state index contributed by atoms with van der Waals surface area (Å²) in [5.74, 6) is 0.825. The van der Waals surface area contributed by atoms with Crippen LogP contribution in [0.2, 0.25) is 0 Å². The molecular formula is C19H29FIN5O. The number of guanidine groups is 1. The Morgan fingerprint density at radius 2 is 2.15 bits per heavy atom. The van der Waals surface area contributed by atoms with E-state index in [1.807, 2.05) is 11.8 Å². The number of nitrogens with zero attached hydrogens (tertiary/aromatic N) is 3. The van der Waals surface area contributed by atoms with Gasteiger partial charge in [0.2, 0.25) is 5.91 Å². The molecule has 2 N–H and O–H groups in total. The number of rotatable bonds is 5. The van der Waals surface area contributed by atoms with Crippen LogP contribution >= 0.6 is 24.0 Å². The summed E-state index contributed by atoms with van der Waals surface area (Å²) in [6.07, 6.45) is 6.89. The third-order valence-electron chi connectivity index (χ3n) is 5.11. The van der Waals surface area contributed by atoms with Crippen LogP contribution in [-0.2, 0) is 11.3 Å². The van der Waals surface area contributed by atoms with E-state index in [0.29, 0.717) is 30.7 Å².